The number of benzene rings is 3. The van der Waals surface area contributed by atoms with Gasteiger partial charge in [0.05, 0.1) is 16.8 Å². The Labute approximate surface area is 173 Å². The van der Waals surface area contributed by atoms with Crippen LogP contribution in [0.1, 0.15) is 24.6 Å². The molecule has 0 aliphatic carbocycles. The van der Waals surface area contributed by atoms with Crippen LogP contribution in [0.5, 0.6) is 0 Å². The highest BCUT2D eigenvalue weighted by molar-refractivity contribution is 8.00. The minimum atomic E-state index is 0.0102. The van der Waals surface area contributed by atoms with Crippen LogP contribution < -0.4 is 5.32 Å². The number of nitrogens with zero attached hydrogens (tertiary/aromatic N) is 1. The van der Waals surface area contributed by atoms with Crippen molar-refractivity contribution in [1.29, 1.82) is 0 Å². The van der Waals surface area contributed by atoms with Gasteiger partial charge in [0, 0.05) is 27.8 Å². The fourth-order valence-corrected chi connectivity index (χ4v) is 4.32. The molecule has 0 spiro atoms. The van der Waals surface area contributed by atoms with E-state index >= 15 is 0 Å². The Hall–Kier alpha value is -3.05. The average Bonchev–Trinajstić information content (AvgIpc) is 3.07. The van der Waals surface area contributed by atoms with Crippen LogP contribution in [0.25, 0.3) is 21.8 Å². The number of amides is 1. The smallest absolute Gasteiger partial charge is 0.241 e. The molecule has 0 unspecified atom stereocenters. The predicted octanol–water partition coefficient (Wildman–Crippen LogP) is 5.97. The van der Waals surface area contributed by atoms with Crippen LogP contribution in [-0.2, 0) is 4.79 Å². The molecular formula is C24H22N2O2S. The van der Waals surface area contributed by atoms with E-state index in [1.165, 1.54) is 11.8 Å². The molecular weight excluding hydrogens is 380 g/mol. The fraction of sp³-hybridized carbons (Fsp3) is 0.167. The molecule has 0 radical (unpaired) electrons. The molecule has 0 saturated carbocycles. The van der Waals surface area contributed by atoms with Crippen LogP contribution in [0.15, 0.2) is 77.7 Å². The van der Waals surface area contributed by atoms with Gasteiger partial charge in [0.25, 0.3) is 0 Å². The molecule has 29 heavy (non-hydrogen) atoms. The van der Waals surface area contributed by atoms with Gasteiger partial charge in [-0.2, -0.15) is 0 Å². The van der Waals surface area contributed by atoms with Crippen molar-refractivity contribution in [2.45, 2.75) is 24.7 Å². The molecule has 4 rings (SSSR count). The summed E-state index contributed by atoms with van der Waals surface area (Å²) in [4.78, 5) is 25.9. The van der Waals surface area contributed by atoms with E-state index in [1.54, 1.807) is 0 Å². The number of carbonyl (C=O) groups excluding carboxylic acids is 2. The van der Waals surface area contributed by atoms with Crippen LogP contribution in [0.4, 0.5) is 5.69 Å². The number of anilines is 1. The lowest BCUT2D eigenvalue weighted by Gasteiger charge is -2.08. The monoisotopic (exact) mass is 402 g/mol. The quantitative estimate of drug-likeness (QED) is 0.405. The van der Waals surface area contributed by atoms with Crippen molar-refractivity contribution in [1.82, 2.24) is 4.57 Å². The maximum atomic E-state index is 13.1. The third-order valence-corrected chi connectivity index (χ3v) is 5.77. The van der Waals surface area contributed by atoms with Crippen molar-refractivity contribution in [3.8, 4) is 0 Å². The second-order valence-corrected chi connectivity index (χ2v) is 7.93. The Morgan fingerprint density at radius 1 is 0.897 bits per heavy atom. The standard InChI is InChI=1S/C24H22N2O2S/c1-2-8-23(27)25-17-9-7-10-18(15-17)29-16-24(28)26-21-13-5-3-11-19(21)20-12-4-6-14-22(20)26/h3-7,9-15H,2,8,16H2,1H3,(H,25,27). The van der Waals surface area contributed by atoms with Crippen molar-refractivity contribution in [2.75, 3.05) is 11.1 Å². The summed E-state index contributed by atoms with van der Waals surface area (Å²) in [5.41, 5.74) is 2.62. The molecule has 0 fully saturated rings. The topological polar surface area (TPSA) is 51.1 Å². The van der Waals surface area contributed by atoms with Crippen molar-refractivity contribution >= 4 is 51.1 Å². The lowest BCUT2D eigenvalue weighted by molar-refractivity contribution is -0.116. The van der Waals surface area contributed by atoms with Gasteiger partial charge in [0.15, 0.2) is 0 Å². The highest BCUT2D eigenvalue weighted by Gasteiger charge is 2.15. The molecule has 5 heteroatoms. The normalized spacial score (nSPS) is 11.1. The van der Waals surface area contributed by atoms with Gasteiger partial charge in [0.2, 0.25) is 11.8 Å². The maximum absolute atomic E-state index is 13.1. The van der Waals surface area contributed by atoms with Crippen LogP contribution >= 0.6 is 11.8 Å². The zero-order valence-electron chi connectivity index (χ0n) is 16.2. The first-order valence-corrected chi connectivity index (χ1v) is 10.7. The largest absolute Gasteiger partial charge is 0.326 e. The predicted molar refractivity (Wildman–Crippen MR) is 121 cm³/mol. The van der Waals surface area contributed by atoms with E-state index in [-0.39, 0.29) is 11.8 Å². The third-order valence-electron chi connectivity index (χ3n) is 4.79. The van der Waals surface area contributed by atoms with Crippen molar-refractivity contribution in [2.24, 2.45) is 0 Å². The molecule has 3 aromatic carbocycles. The molecule has 146 valence electrons. The average molecular weight is 403 g/mol. The second-order valence-electron chi connectivity index (χ2n) is 6.88. The molecule has 1 heterocycles. The minimum absolute atomic E-state index is 0.0102. The zero-order chi connectivity index (χ0) is 20.2. The third kappa shape index (κ3) is 4.05. The number of para-hydroxylation sites is 2. The van der Waals surface area contributed by atoms with E-state index in [4.69, 9.17) is 0 Å². The second kappa shape index (κ2) is 8.53. The summed E-state index contributed by atoms with van der Waals surface area (Å²) in [5, 5.41) is 5.07. The molecule has 1 aromatic heterocycles. The first-order chi connectivity index (χ1) is 14.2. The molecule has 0 aliphatic rings. The molecule has 0 bridgehead atoms. The summed E-state index contributed by atoms with van der Waals surface area (Å²) in [6.45, 7) is 1.98. The van der Waals surface area contributed by atoms with Crippen LogP contribution in [0.3, 0.4) is 0 Å². The Bertz CT molecular complexity index is 1140. The number of thioether (sulfide) groups is 1. The summed E-state index contributed by atoms with van der Waals surface area (Å²) < 4.78 is 1.81. The van der Waals surface area contributed by atoms with Gasteiger partial charge >= 0.3 is 0 Å². The van der Waals surface area contributed by atoms with Gasteiger partial charge in [-0.25, -0.2) is 0 Å². The number of aromatic nitrogens is 1. The van der Waals surface area contributed by atoms with Crippen molar-refractivity contribution < 1.29 is 9.59 Å². The minimum Gasteiger partial charge on any atom is -0.326 e. The summed E-state index contributed by atoms with van der Waals surface area (Å²) in [6, 6.07) is 23.6. The summed E-state index contributed by atoms with van der Waals surface area (Å²) >= 11 is 1.48. The maximum Gasteiger partial charge on any atom is 0.241 e. The van der Waals surface area contributed by atoms with Gasteiger partial charge in [-0.05, 0) is 36.8 Å². The van der Waals surface area contributed by atoms with Gasteiger partial charge < -0.3 is 5.32 Å². The van der Waals surface area contributed by atoms with E-state index < -0.39 is 0 Å². The highest BCUT2D eigenvalue weighted by Crippen LogP contribution is 2.30. The molecule has 1 N–H and O–H groups in total. The Morgan fingerprint density at radius 3 is 2.21 bits per heavy atom. The summed E-state index contributed by atoms with van der Waals surface area (Å²) in [5.74, 6) is 0.360. The highest BCUT2D eigenvalue weighted by atomic mass is 32.2. The number of fused-ring (bicyclic) bond motifs is 3. The van der Waals surface area contributed by atoms with Gasteiger partial charge in [-0.1, -0.05) is 49.4 Å². The van der Waals surface area contributed by atoms with E-state index in [1.807, 2.05) is 72.2 Å². The Kier molecular flexibility index (Phi) is 5.67. The number of carbonyl (C=O) groups is 2. The van der Waals surface area contributed by atoms with E-state index in [0.29, 0.717) is 12.2 Å². The van der Waals surface area contributed by atoms with Crippen LogP contribution in [-0.4, -0.2) is 22.1 Å². The summed E-state index contributed by atoms with van der Waals surface area (Å²) in [6.07, 6.45) is 1.32. The first kappa shape index (κ1) is 19.3. The van der Waals surface area contributed by atoms with E-state index in [9.17, 15) is 9.59 Å². The van der Waals surface area contributed by atoms with E-state index in [2.05, 4.69) is 17.4 Å². The van der Waals surface area contributed by atoms with E-state index in [0.717, 1.165) is 38.8 Å². The van der Waals surface area contributed by atoms with Gasteiger partial charge in [-0.3, -0.25) is 14.2 Å². The Morgan fingerprint density at radius 2 is 1.55 bits per heavy atom. The van der Waals surface area contributed by atoms with Crippen LogP contribution in [0.2, 0.25) is 0 Å². The van der Waals surface area contributed by atoms with Crippen molar-refractivity contribution in [3.63, 3.8) is 0 Å². The molecule has 0 saturated heterocycles. The lowest BCUT2D eigenvalue weighted by Crippen LogP contribution is -2.13. The van der Waals surface area contributed by atoms with Crippen molar-refractivity contribution in [3.05, 3.63) is 72.8 Å². The Balaban J connectivity index is 1.56. The first-order valence-electron chi connectivity index (χ1n) is 9.71. The fourth-order valence-electron chi connectivity index (χ4n) is 3.52. The number of hydrogen-bond donors (Lipinski definition) is 1. The molecule has 4 nitrogen and oxygen atoms in total. The summed E-state index contributed by atoms with van der Waals surface area (Å²) in [7, 11) is 0. The van der Waals surface area contributed by atoms with Gasteiger partial charge in [-0.15, -0.1) is 11.8 Å². The number of hydrogen-bond acceptors (Lipinski definition) is 3. The van der Waals surface area contributed by atoms with Gasteiger partial charge in [0.1, 0.15) is 0 Å². The molecule has 0 aliphatic heterocycles. The molecule has 4 aromatic rings. The van der Waals surface area contributed by atoms with Crippen LogP contribution in [0, 0.1) is 0 Å². The number of rotatable bonds is 6. The molecule has 1 amide bonds. The zero-order valence-corrected chi connectivity index (χ0v) is 17.0. The number of nitrogens with one attached hydrogen (secondary N) is 1. The lowest BCUT2D eigenvalue weighted by atomic mass is 10.2. The SMILES string of the molecule is CCCC(=O)Nc1cccc(SCC(=O)n2c3ccccc3c3ccccc32)c1. The molecule has 0 atom stereocenters.